The van der Waals surface area contributed by atoms with Crippen LogP contribution in [-0.2, 0) is 20.9 Å². The highest BCUT2D eigenvalue weighted by molar-refractivity contribution is 8.18. The van der Waals surface area contributed by atoms with Gasteiger partial charge < -0.3 is 19.5 Å². The van der Waals surface area contributed by atoms with Gasteiger partial charge in [-0.05, 0) is 65.9 Å². The number of fused-ring (bicyclic) bond motifs is 1. The van der Waals surface area contributed by atoms with Crippen LogP contribution in [-0.4, -0.2) is 59.4 Å². The average molecular weight is 571 g/mol. The van der Waals surface area contributed by atoms with E-state index >= 15 is 0 Å². The molecule has 0 radical (unpaired) electrons. The van der Waals surface area contributed by atoms with Crippen LogP contribution < -0.4 is 10.2 Å². The molecule has 41 heavy (non-hydrogen) atoms. The smallest absolute Gasteiger partial charge is 0.294 e. The number of nitrogens with zero attached hydrogens (tertiary/aromatic N) is 3. The zero-order chi connectivity index (χ0) is 28.3. The van der Waals surface area contributed by atoms with Gasteiger partial charge in [0.15, 0.2) is 0 Å². The number of morpholine rings is 1. The molecule has 2 fully saturated rings. The first kappa shape index (κ1) is 26.8. The van der Waals surface area contributed by atoms with E-state index in [1.807, 2.05) is 47.2 Å². The van der Waals surface area contributed by atoms with Crippen molar-refractivity contribution in [2.75, 3.05) is 43.1 Å². The molecule has 3 heterocycles. The Morgan fingerprint density at radius 1 is 0.976 bits per heavy atom. The number of carbonyl (C=O) groups excluding carboxylic acids is 3. The Balaban J connectivity index is 1.15. The van der Waals surface area contributed by atoms with Gasteiger partial charge in [-0.25, -0.2) is 4.39 Å². The molecule has 0 atom stereocenters. The highest BCUT2D eigenvalue weighted by Crippen LogP contribution is 2.34. The van der Waals surface area contributed by atoms with E-state index in [1.165, 1.54) is 12.1 Å². The Hall–Kier alpha value is -4.41. The lowest BCUT2D eigenvalue weighted by molar-refractivity contribution is -0.127. The SMILES string of the molecule is O=C(CN1C(=O)S/C(=C\c2cn(Cc3ccc(F)cc3)c3ccccc23)C1=O)Nc1ccc(N2CCOCC2)cc1. The average Bonchev–Trinajstić information content (AvgIpc) is 3.46. The number of hydrogen-bond acceptors (Lipinski definition) is 6. The first-order chi connectivity index (χ1) is 19.9. The molecule has 0 saturated carbocycles. The molecule has 6 rings (SSSR count). The Morgan fingerprint density at radius 2 is 1.71 bits per heavy atom. The molecule has 0 bridgehead atoms. The summed E-state index contributed by atoms with van der Waals surface area (Å²) in [5.74, 6) is -1.25. The van der Waals surface area contributed by atoms with E-state index in [2.05, 4.69) is 10.2 Å². The van der Waals surface area contributed by atoms with Gasteiger partial charge in [0.1, 0.15) is 12.4 Å². The van der Waals surface area contributed by atoms with Crippen LogP contribution in [0.25, 0.3) is 17.0 Å². The first-order valence-corrected chi connectivity index (χ1v) is 14.1. The molecule has 1 aromatic heterocycles. The number of aromatic nitrogens is 1. The number of benzene rings is 3. The van der Waals surface area contributed by atoms with E-state index in [1.54, 1.807) is 30.3 Å². The Bertz CT molecular complexity index is 1640. The molecule has 1 N–H and O–H groups in total. The minimum absolute atomic E-state index is 0.252. The molecule has 0 aliphatic carbocycles. The Labute approximate surface area is 240 Å². The van der Waals surface area contributed by atoms with Crippen molar-refractivity contribution in [3.63, 3.8) is 0 Å². The summed E-state index contributed by atoms with van der Waals surface area (Å²) >= 11 is 0.818. The van der Waals surface area contributed by atoms with Crippen LogP contribution in [0.1, 0.15) is 11.1 Å². The lowest BCUT2D eigenvalue weighted by Gasteiger charge is -2.28. The first-order valence-electron chi connectivity index (χ1n) is 13.2. The van der Waals surface area contributed by atoms with Crippen LogP contribution in [0.3, 0.4) is 0 Å². The van der Waals surface area contributed by atoms with E-state index in [-0.39, 0.29) is 17.3 Å². The van der Waals surface area contributed by atoms with Gasteiger partial charge in [0.25, 0.3) is 11.1 Å². The van der Waals surface area contributed by atoms with E-state index in [0.29, 0.717) is 25.4 Å². The second-order valence-corrected chi connectivity index (χ2v) is 10.8. The van der Waals surface area contributed by atoms with Gasteiger partial charge in [-0.3, -0.25) is 19.3 Å². The number of nitrogens with one attached hydrogen (secondary N) is 1. The Kier molecular flexibility index (Phi) is 7.58. The molecular weight excluding hydrogens is 543 g/mol. The number of halogens is 1. The van der Waals surface area contributed by atoms with Gasteiger partial charge in [-0.2, -0.15) is 0 Å². The number of amides is 3. The van der Waals surface area contributed by atoms with Crippen molar-refractivity contribution in [1.29, 1.82) is 0 Å². The Morgan fingerprint density at radius 3 is 2.46 bits per heavy atom. The van der Waals surface area contributed by atoms with Crippen LogP contribution in [0, 0.1) is 5.82 Å². The third-order valence-electron chi connectivity index (χ3n) is 7.07. The molecule has 10 heteroatoms. The van der Waals surface area contributed by atoms with E-state index in [4.69, 9.17) is 4.74 Å². The molecule has 2 aliphatic rings. The number of ether oxygens (including phenoxy) is 1. The molecule has 208 valence electrons. The summed E-state index contributed by atoms with van der Waals surface area (Å²) in [7, 11) is 0. The largest absolute Gasteiger partial charge is 0.378 e. The maximum absolute atomic E-state index is 13.4. The quantitative estimate of drug-likeness (QED) is 0.302. The maximum Gasteiger partial charge on any atom is 0.294 e. The monoisotopic (exact) mass is 570 g/mol. The van der Waals surface area contributed by atoms with Crippen LogP contribution in [0.15, 0.2) is 83.9 Å². The van der Waals surface area contributed by atoms with Crippen LogP contribution in [0.4, 0.5) is 20.6 Å². The van der Waals surface area contributed by atoms with Crippen molar-refractivity contribution < 1.29 is 23.5 Å². The highest BCUT2D eigenvalue weighted by atomic mass is 32.2. The normalized spacial score (nSPS) is 16.7. The van der Waals surface area contributed by atoms with Crippen LogP contribution in [0.2, 0.25) is 0 Å². The summed E-state index contributed by atoms with van der Waals surface area (Å²) in [5.41, 5.74) is 4.28. The van der Waals surface area contributed by atoms with Gasteiger partial charge in [0, 0.05) is 53.7 Å². The summed E-state index contributed by atoms with van der Waals surface area (Å²) in [6, 6.07) is 21.5. The number of anilines is 2. The van der Waals surface area contributed by atoms with Crippen molar-refractivity contribution in [1.82, 2.24) is 9.47 Å². The topological polar surface area (TPSA) is 83.9 Å². The van der Waals surface area contributed by atoms with Crippen LogP contribution in [0.5, 0.6) is 0 Å². The second kappa shape index (κ2) is 11.6. The molecule has 3 aromatic carbocycles. The fraction of sp³-hybridized carbons (Fsp3) is 0.194. The summed E-state index contributed by atoms with van der Waals surface area (Å²) in [5, 5.41) is 3.20. The molecular formula is C31H27FN4O4S. The fourth-order valence-electron chi connectivity index (χ4n) is 5.01. The minimum Gasteiger partial charge on any atom is -0.378 e. The van der Waals surface area contributed by atoms with Gasteiger partial charge in [0.2, 0.25) is 5.91 Å². The number of para-hydroxylation sites is 1. The second-order valence-electron chi connectivity index (χ2n) is 9.82. The van der Waals surface area contributed by atoms with Gasteiger partial charge in [0.05, 0.1) is 18.1 Å². The summed E-state index contributed by atoms with van der Waals surface area (Å²) in [4.78, 5) is 42.1. The molecule has 4 aromatic rings. The zero-order valence-corrected chi connectivity index (χ0v) is 22.9. The van der Waals surface area contributed by atoms with Crippen molar-refractivity contribution >= 4 is 57.2 Å². The molecule has 2 aliphatic heterocycles. The predicted octanol–water partition coefficient (Wildman–Crippen LogP) is 5.34. The fourth-order valence-corrected chi connectivity index (χ4v) is 5.84. The predicted molar refractivity (Wildman–Crippen MR) is 158 cm³/mol. The van der Waals surface area contributed by atoms with Crippen LogP contribution >= 0.6 is 11.8 Å². The number of imide groups is 1. The molecule has 0 spiro atoms. The lowest BCUT2D eigenvalue weighted by Crippen LogP contribution is -2.36. The van der Waals surface area contributed by atoms with E-state index < -0.39 is 17.1 Å². The van der Waals surface area contributed by atoms with Crippen molar-refractivity contribution in [3.8, 4) is 0 Å². The molecule has 0 unspecified atom stereocenters. The number of hydrogen-bond donors (Lipinski definition) is 1. The maximum atomic E-state index is 13.4. The number of carbonyl (C=O) groups is 3. The molecule has 8 nitrogen and oxygen atoms in total. The van der Waals surface area contributed by atoms with Gasteiger partial charge in [-0.15, -0.1) is 0 Å². The molecule has 3 amide bonds. The standard InChI is InChI=1S/C31H27FN4O4S/c32-23-7-5-21(6-8-23)18-35-19-22(26-3-1-2-4-27(26)35)17-28-30(38)36(31(39)41-28)20-29(37)33-24-9-11-25(12-10-24)34-13-15-40-16-14-34/h1-12,17,19H,13-16,18,20H2,(H,33,37)/b28-17-. The minimum atomic E-state index is -0.506. The highest BCUT2D eigenvalue weighted by Gasteiger charge is 2.36. The van der Waals surface area contributed by atoms with E-state index in [9.17, 15) is 18.8 Å². The van der Waals surface area contributed by atoms with E-state index in [0.717, 1.165) is 57.5 Å². The lowest BCUT2D eigenvalue weighted by atomic mass is 10.1. The van der Waals surface area contributed by atoms with Crippen molar-refractivity contribution in [2.45, 2.75) is 6.54 Å². The van der Waals surface area contributed by atoms with Gasteiger partial charge >= 0.3 is 0 Å². The number of thioether (sulfide) groups is 1. The summed E-state index contributed by atoms with van der Waals surface area (Å²) in [6.07, 6.45) is 3.60. The zero-order valence-electron chi connectivity index (χ0n) is 22.1. The van der Waals surface area contributed by atoms with Crippen molar-refractivity contribution in [2.24, 2.45) is 0 Å². The summed E-state index contributed by atoms with van der Waals surface area (Å²) < 4.78 is 20.8. The molecule has 2 saturated heterocycles. The van der Waals surface area contributed by atoms with Crippen molar-refractivity contribution in [3.05, 3.63) is 101 Å². The third-order valence-corrected chi connectivity index (χ3v) is 7.98. The summed E-state index contributed by atoms with van der Waals surface area (Å²) in [6.45, 7) is 3.13. The van der Waals surface area contributed by atoms with Gasteiger partial charge in [-0.1, -0.05) is 30.3 Å². The third kappa shape index (κ3) is 5.89. The number of rotatable bonds is 7.